The number of ether oxygens (including phenoxy) is 1. The highest BCUT2D eigenvalue weighted by molar-refractivity contribution is 6.09. The number of nitrogens with zero attached hydrogens (tertiary/aromatic N) is 7. The maximum atomic E-state index is 16.8. The van der Waals surface area contributed by atoms with Gasteiger partial charge in [-0.3, -0.25) is 14.3 Å². The van der Waals surface area contributed by atoms with Crippen LogP contribution in [0.4, 0.5) is 10.1 Å². The Kier molecular flexibility index (Phi) is 8.80. The van der Waals surface area contributed by atoms with Crippen molar-refractivity contribution < 1.29 is 18.7 Å². The normalized spacial score (nSPS) is 15.0. The third-order valence-corrected chi connectivity index (χ3v) is 11.2. The number of amides is 2. The summed E-state index contributed by atoms with van der Waals surface area (Å²) in [5, 5.41) is 10.8. The zero-order chi connectivity index (χ0) is 37.6. The number of methoxy groups -OCH3 is 1. The molecule has 3 aromatic heterocycles. The number of piperazine rings is 1. The number of hydrogen-bond donors (Lipinski definition) is 1. The van der Waals surface area contributed by atoms with Gasteiger partial charge in [-0.25, -0.2) is 4.39 Å². The Balaban J connectivity index is 0.993. The minimum absolute atomic E-state index is 0.0329. The summed E-state index contributed by atoms with van der Waals surface area (Å²) in [6.45, 7) is 3.65. The van der Waals surface area contributed by atoms with Crippen LogP contribution in [0.3, 0.4) is 0 Å². The number of para-hydroxylation sites is 2. The first-order valence-corrected chi connectivity index (χ1v) is 18.7. The third kappa shape index (κ3) is 6.17. The first-order chi connectivity index (χ1) is 26.9. The number of aryl methyl sites for hydroxylation is 2. The molecular formula is C43H41FN8O3. The van der Waals surface area contributed by atoms with E-state index in [4.69, 9.17) is 4.74 Å². The number of halogens is 1. The second-order valence-corrected chi connectivity index (χ2v) is 14.3. The average Bonchev–Trinajstić information content (AvgIpc) is 3.99. The van der Waals surface area contributed by atoms with Gasteiger partial charge in [-0.1, -0.05) is 47.7 Å². The number of hydrogen-bond acceptors (Lipinski definition) is 6. The Morgan fingerprint density at radius 3 is 2.45 bits per heavy atom. The number of aromatic nitrogens is 5. The van der Waals surface area contributed by atoms with Crippen molar-refractivity contribution in [1.82, 2.24) is 34.3 Å². The second-order valence-electron chi connectivity index (χ2n) is 14.3. The van der Waals surface area contributed by atoms with Crippen LogP contribution in [0.15, 0.2) is 97.3 Å². The van der Waals surface area contributed by atoms with Crippen molar-refractivity contribution in [2.45, 2.75) is 19.4 Å². The van der Waals surface area contributed by atoms with Gasteiger partial charge in [0.1, 0.15) is 11.4 Å². The summed E-state index contributed by atoms with van der Waals surface area (Å²) in [4.78, 5) is 36.5. The van der Waals surface area contributed by atoms with Crippen molar-refractivity contribution in [2.75, 3.05) is 51.3 Å². The number of aromatic amines is 1. The largest absolute Gasteiger partial charge is 0.496 e. The third-order valence-electron chi connectivity index (χ3n) is 11.2. The van der Waals surface area contributed by atoms with Crippen molar-refractivity contribution >= 4 is 55.8 Å². The summed E-state index contributed by atoms with van der Waals surface area (Å²) >= 11 is 0. The molecule has 278 valence electrons. The molecule has 0 radical (unpaired) electrons. The van der Waals surface area contributed by atoms with Gasteiger partial charge in [0.2, 0.25) is 5.91 Å². The average molecular weight is 737 g/mol. The Morgan fingerprint density at radius 2 is 1.64 bits per heavy atom. The van der Waals surface area contributed by atoms with Crippen molar-refractivity contribution in [3.8, 4) is 16.9 Å². The van der Waals surface area contributed by atoms with Crippen molar-refractivity contribution in [1.29, 1.82) is 0 Å². The van der Waals surface area contributed by atoms with Crippen LogP contribution in [0.5, 0.6) is 5.75 Å². The molecule has 2 aliphatic rings. The van der Waals surface area contributed by atoms with E-state index in [1.165, 1.54) is 21.8 Å². The number of carbonyl (C=O) groups excluding carboxylic acids is 2. The van der Waals surface area contributed by atoms with E-state index in [9.17, 15) is 9.59 Å². The second kappa shape index (κ2) is 14.1. The molecule has 55 heavy (non-hydrogen) atoms. The molecule has 12 heteroatoms. The molecule has 2 aliphatic heterocycles. The molecule has 1 N–H and O–H groups in total. The monoisotopic (exact) mass is 736 g/mol. The van der Waals surface area contributed by atoms with Crippen LogP contribution in [-0.2, 0) is 18.4 Å². The number of carbonyl (C=O) groups is 2. The van der Waals surface area contributed by atoms with Gasteiger partial charge in [0.15, 0.2) is 5.82 Å². The zero-order valence-corrected chi connectivity index (χ0v) is 30.8. The smallest absolute Gasteiger partial charge is 0.270 e. The maximum absolute atomic E-state index is 16.8. The fourth-order valence-corrected chi connectivity index (χ4v) is 8.26. The van der Waals surface area contributed by atoms with Gasteiger partial charge in [0.25, 0.3) is 5.91 Å². The van der Waals surface area contributed by atoms with E-state index in [1.807, 2.05) is 41.3 Å². The standard InChI is InChI=1S/C43H41FN8O3/c1-48-37-11-5-3-9-30(37)34-24-29(13-14-38(34)48)49-20-22-50(23-21-49)43(54)36-26-35-33(31-10-4-6-12-39(31)55-2)25-32(41(44)42(35)46-36)28-8-7-17-51(27-28)40(53)15-18-52-19-16-45-47-52/h3-6,8-14,16,19,24-26,46H,7,15,17-18,20-23,27H2,1-2H3. The van der Waals surface area contributed by atoms with Crippen molar-refractivity contribution in [3.05, 3.63) is 114 Å². The summed E-state index contributed by atoms with van der Waals surface area (Å²) in [7, 11) is 3.71. The van der Waals surface area contributed by atoms with Gasteiger partial charge in [0, 0.05) is 103 Å². The van der Waals surface area contributed by atoms with Gasteiger partial charge in [-0.05, 0) is 60.0 Å². The Labute approximate surface area is 317 Å². The molecule has 0 atom stereocenters. The predicted octanol–water partition coefficient (Wildman–Crippen LogP) is 6.89. The maximum Gasteiger partial charge on any atom is 0.270 e. The van der Waals surface area contributed by atoms with Crippen molar-refractivity contribution in [2.24, 2.45) is 7.05 Å². The highest BCUT2D eigenvalue weighted by atomic mass is 19.1. The molecule has 1 saturated heterocycles. The van der Waals surface area contributed by atoms with E-state index in [0.29, 0.717) is 68.1 Å². The number of nitrogens with one attached hydrogen (secondary N) is 1. The molecule has 7 aromatic rings. The SMILES string of the molecule is COc1ccccc1-c1cc(C2=CCCN(C(=O)CCn3ccnn3)C2)c(F)c2[nH]c(C(=O)N3CCN(c4ccc5c(c4)c4ccccc4n5C)CC3)cc12. The molecule has 1 fully saturated rings. The number of rotatable bonds is 8. The van der Waals surface area contributed by atoms with Gasteiger partial charge in [-0.15, -0.1) is 5.10 Å². The van der Waals surface area contributed by atoms with Gasteiger partial charge in [-0.2, -0.15) is 0 Å². The topological polar surface area (TPSA) is 105 Å². The van der Waals surface area contributed by atoms with E-state index in [1.54, 1.807) is 35.2 Å². The lowest BCUT2D eigenvalue weighted by Crippen LogP contribution is -2.48. The van der Waals surface area contributed by atoms with Crippen LogP contribution >= 0.6 is 0 Å². The molecule has 4 aromatic carbocycles. The number of fused-ring (bicyclic) bond motifs is 4. The fraction of sp³-hybridized carbons (Fsp3) is 0.256. The molecule has 0 unspecified atom stereocenters. The number of anilines is 1. The van der Waals surface area contributed by atoms with E-state index in [-0.39, 0.29) is 30.3 Å². The predicted molar refractivity (Wildman–Crippen MR) is 213 cm³/mol. The minimum Gasteiger partial charge on any atom is -0.496 e. The molecular weight excluding hydrogens is 696 g/mol. The molecule has 0 aliphatic carbocycles. The molecule has 11 nitrogen and oxygen atoms in total. The van der Waals surface area contributed by atoms with Gasteiger partial charge < -0.3 is 29.0 Å². The lowest BCUT2D eigenvalue weighted by atomic mass is 9.93. The summed E-state index contributed by atoms with van der Waals surface area (Å²) in [5.41, 5.74) is 6.72. The highest BCUT2D eigenvalue weighted by Crippen LogP contribution is 2.40. The zero-order valence-electron chi connectivity index (χ0n) is 30.8. The molecule has 5 heterocycles. The van der Waals surface area contributed by atoms with Gasteiger partial charge in [0.05, 0.1) is 25.4 Å². The van der Waals surface area contributed by atoms with Crippen molar-refractivity contribution in [3.63, 3.8) is 0 Å². The summed E-state index contributed by atoms with van der Waals surface area (Å²) < 4.78 is 26.4. The van der Waals surface area contributed by atoms with Gasteiger partial charge >= 0.3 is 0 Å². The van der Waals surface area contributed by atoms with Crippen LogP contribution in [0.25, 0.3) is 49.4 Å². The quantitative estimate of drug-likeness (QED) is 0.182. The first-order valence-electron chi connectivity index (χ1n) is 18.7. The Bertz CT molecular complexity index is 2620. The van der Waals surface area contributed by atoms with E-state index in [2.05, 4.69) is 74.3 Å². The molecule has 0 saturated carbocycles. The minimum atomic E-state index is -0.454. The Hall–Kier alpha value is -6.43. The lowest BCUT2D eigenvalue weighted by molar-refractivity contribution is -0.131. The van der Waals surface area contributed by atoms with E-state index in [0.717, 1.165) is 22.4 Å². The molecule has 9 rings (SSSR count). The molecule has 0 spiro atoms. The Morgan fingerprint density at radius 1 is 0.836 bits per heavy atom. The van der Waals surface area contributed by atoms with Crippen LogP contribution in [0.2, 0.25) is 0 Å². The van der Waals surface area contributed by atoms with Crippen LogP contribution in [0, 0.1) is 5.82 Å². The first kappa shape index (κ1) is 34.3. The lowest BCUT2D eigenvalue weighted by Gasteiger charge is -2.36. The van der Waals surface area contributed by atoms with Crippen LogP contribution in [-0.4, -0.2) is 92.5 Å². The fourth-order valence-electron chi connectivity index (χ4n) is 8.26. The molecule has 0 bridgehead atoms. The van der Waals surface area contributed by atoms with E-state index >= 15 is 4.39 Å². The van der Waals surface area contributed by atoms with E-state index < -0.39 is 5.82 Å². The summed E-state index contributed by atoms with van der Waals surface area (Å²) in [5.74, 6) is -0.0249. The molecule has 2 amide bonds. The summed E-state index contributed by atoms with van der Waals surface area (Å²) in [6, 6.07) is 26.2. The number of benzene rings is 4. The van der Waals surface area contributed by atoms with Crippen LogP contribution < -0.4 is 9.64 Å². The van der Waals surface area contributed by atoms with Crippen LogP contribution in [0.1, 0.15) is 28.9 Å². The number of H-pyrrole nitrogens is 1. The summed E-state index contributed by atoms with van der Waals surface area (Å²) in [6.07, 6.45) is 6.17. The highest BCUT2D eigenvalue weighted by Gasteiger charge is 2.28.